The summed E-state index contributed by atoms with van der Waals surface area (Å²) in [5, 5.41) is 3.67. The summed E-state index contributed by atoms with van der Waals surface area (Å²) in [4.78, 5) is 9.10. The summed E-state index contributed by atoms with van der Waals surface area (Å²) in [6.07, 6.45) is 8.78. The molecule has 3 rings (SSSR count). The number of aromatic nitrogens is 3. The van der Waals surface area contributed by atoms with Crippen LogP contribution in [0.1, 0.15) is 58.3 Å². The molecule has 0 aromatic carbocycles. The van der Waals surface area contributed by atoms with Crippen molar-refractivity contribution in [2.24, 2.45) is 0 Å². The molecule has 20 heavy (non-hydrogen) atoms. The van der Waals surface area contributed by atoms with Crippen molar-refractivity contribution in [3.8, 4) is 0 Å². The third-order valence-corrected chi connectivity index (χ3v) is 4.03. The van der Waals surface area contributed by atoms with Crippen LogP contribution in [-0.4, -0.2) is 21.1 Å². The van der Waals surface area contributed by atoms with Crippen molar-refractivity contribution >= 4 is 11.0 Å². The third-order valence-electron chi connectivity index (χ3n) is 4.03. The minimum atomic E-state index is 0.0272. The van der Waals surface area contributed by atoms with E-state index >= 15 is 0 Å². The second-order valence-corrected chi connectivity index (χ2v) is 6.70. The maximum absolute atomic E-state index is 4.88. The van der Waals surface area contributed by atoms with Gasteiger partial charge in [0.25, 0.3) is 0 Å². The first-order chi connectivity index (χ1) is 9.57. The number of hydrogen-bond donors (Lipinski definition) is 1. The summed E-state index contributed by atoms with van der Waals surface area (Å²) < 4.78 is 2.38. The van der Waals surface area contributed by atoms with Gasteiger partial charge < -0.3 is 9.88 Å². The van der Waals surface area contributed by atoms with Gasteiger partial charge in [0.1, 0.15) is 11.3 Å². The highest BCUT2D eigenvalue weighted by atomic mass is 15.2. The van der Waals surface area contributed by atoms with Crippen molar-refractivity contribution in [2.75, 3.05) is 6.54 Å². The maximum Gasteiger partial charge on any atom is 0.127 e. The van der Waals surface area contributed by atoms with E-state index in [2.05, 4.69) is 41.7 Å². The molecule has 2 aromatic heterocycles. The first-order valence-electron chi connectivity index (χ1n) is 7.63. The van der Waals surface area contributed by atoms with Crippen LogP contribution in [0.4, 0.5) is 0 Å². The number of imidazole rings is 1. The van der Waals surface area contributed by atoms with E-state index in [9.17, 15) is 0 Å². The molecular formula is C16H24N4. The Balaban J connectivity index is 2.13. The van der Waals surface area contributed by atoms with Crippen molar-refractivity contribution in [1.29, 1.82) is 0 Å². The van der Waals surface area contributed by atoms with Crippen LogP contribution in [-0.2, 0) is 5.54 Å². The number of pyridine rings is 1. The highest BCUT2D eigenvalue weighted by Crippen LogP contribution is 2.30. The van der Waals surface area contributed by atoms with E-state index in [4.69, 9.17) is 4.98 Å². The van der Waals surface area contributed by atoms with Gasteiger partial charge in [0, 0.05) is 11.7 Å². The van der Waals surface area contributed by atoms with Crippen LogP contribution < -0.4 is 5.32 Å². The first kappa shape index (κ1) is 13.6. The van der Waals surface area contributed by atoms with E-state index in [-0.39, 0.29) is 5.54 Å². The van der Waals surface area contributed by atoms with Crippen molar-refractivity contribution in [3.05, 3.63) is 24.3 Å². The van der Waals surface area contributed by atoms with Crippen LogP contribution in [0.5, 0.6) is 0 Å². The summed E-state index contributed by atoms with van der Waals surface area (Å²) in [5.74, 6) is 1.17. The van der Waals surface area contributed by atoms with E-state index < -0.39 is 0 Å². The third kappa shape index (κ3) is 2.44. The van der Waals surface area contributed by atoms with Gasteiger partial charge in [-0.15, -0.1) is 0 Å². The number of hydrogen-bond acceptors (Lipinski definition) is 3. The number of fused-ring (bicyclic) bond motifs is 1. The lowest BCUT2D eigenvalue weighted by Gasteiger charge is -2.27. The second kappa shape index (κ2) is 5.17. The van der Waals surface area contributed by atoms with Gasteiger partial charge in [-0.1, -0.05) is 12.8 Å². The Morgan fingerprint density at radius 3 is 2.90 bits per heavy atom. The summed E-state index contributed by atoms with van der Waals surface area (Å²) in [6.45, 7) is 7.83. The molecule has 0 radical (unpaired) electrons. The second-order valence-electron chi connectivity index (χ2n) is 6.70. The summed E-state index contributed by atoms with van der Waals surface area (Å²) in [6, 6.07) is 2.44. The molecule has 1 atom stereocenters. The van der Waals surface area contributed by atoms with Crippen LogP contribution in [0.25, 0.3) is 11.0 Å². The summed E-state index contributed by atoms with van der Waals surface area (Å²) in [5.41, 5.74) is 2.22. The van der Waals surface area contributed by atoms with Gasteiger partial charge in [0.15, 0.2) is 0 Å². The Labute approximate surface area is 120 Å². The van der Waals surface area contributed by atoms with Crippen molar-refractivity contribution < 1.29 is 0 Å². The average molecular weight is 272 g/mol. The highest BCUT2D eigenvalue weighted by Gasteiger charge is 2.26. The zero-order valence-corrected chi connectivity index (χ0v) is 12.7. The number of rotatable bonds is 1. The molecule has 2 aromatic rings. The molecule has 1 unspecified atom stereocenters. The lowest BCUT2D eigenvalue weighted by molar-refractivity contribution is 0.366. The van der Waals surface area contributed by atoms with Crippen LogP contribution >= 0.6 is 0 Å². The SMILES string of the molecule is CC(C)(C)n1c(C2CCCCCN2)nc2cnccc21. The van der Waals surface area contributed by atoms with E-state index in [0.29, 0.717) is 6.04 Å². The van der Waals surface area contributed by atoms with Gasteiger partial charge >= 0.3 is 0 Å². The van der Waals surface area contributed by atoms with Crippen molar-refractivity contribution in [2.45, 2.75) is 58.0 Å². The lowest BCUT2D eigenvalue weighted by atomic mass is 10.1. The van der Waals surface area contributed by atoms with E-state index in [0.717, 1.165) is 12.1 Å². The Morgan fingerprint density at radius 1 is 1.25 bits per heavy atom. The van der Waals surface area contributed by atoms with Gasteiger partial charge in [-0.2, -0.15) is 0 Å². The molecule has 108 valence electrons. The normalized spacial score (nSPS) is 21.1. The van der Waals surface area contributed by atoms with Gasteiger partial charge in [-0.25, -0.2) is 4.98 Å². The standard InChI is InChI=1S/C16H24N4/c1-16(2,3)20-14-8-10-17-11-13(14)19-15(20)12-7-5-4-6-9-18-12/h8,10-12,18H,4-7,9H2,1-3H3. The molecule has 1 aliphatic heterocycles. The Bertz CT molecular complexity index is 586. The molecule has 0 amide bonds. The molecule has 1 fully saturated rings. The zero-order valence-electron chi connectivity index (χ0n) is 12.7. The fraction of sp³-hybridized carbons (Fsp3) is 0.625. The fourth-order valence-corrected chi connectivity index (χ4v) is 3.14. The predicted octanol–water partition coefficient (Wildman–Crippen LogP) is 3.39. The smallest absolute Gasteiger partial charge is 0.127 e. The van der Waals surface area contributed by atoms with Crippen LogP contribution in [0, 0.1) is 0 Å². The predicted molar refractivity (Wildman–Crippen MR) is 81.7 cm³/mol. The lowest BCUT2D eigenvalue weighted by Crippen LogP contribution is -2.30. The molecule has 1 saturated heterocycles. The van der Waals surface area contributed by atoms with Crippen LogP contribution in [0.15, 0.2) is 18.5 Å². The van der Waals surface area contributed by atoms with Crippen molar-refractivity contribution in [3.63, 3.8) is 0 Å². The van der Waals surface area contributed by atoms with Crippen molar-refractivity contribution in [1.82, 2.24) is 19.9 Å². The minimum Gasteiger partial charge on any atom is -0.321 e. The average Bonchev–Trinajstić information content (AvgIpc) is 2.59. The van der Waals surface area contributed by atoms with Gasteiger partial charge in [0.2, 0.25) is 0 Å². The molecular weight excluding hydrogens is 248 g/mol. The molecule has 4 nitrogen and oxygen atoms in total. The molecule has 4 heteroatoms. The fourth-order valence-electron chi connectivity index (χ4n) is 3.14. The van der Waals surface area contributed by atoms with E-state index in [1.54, 1.807) is 0 Å². The number of nitrogens with zero attached hydrogens (tertiary/aromatic N) is 3. The van der Waals surface area contributed by atoms with Gasteiger partial charge in [0.05, 0.1) is 17.8 Å². The maximum atomic E-state index is 4.88. The monoisotopic (exact) mass is 272 g/mol. The van der Waals surface area contributed by atoms with Gasteiger partial charge in [-0.05, 0) is 46.2 Å². The van der Waals surface area contributed by atoms with E-state index in [1.165, 1.54) is 37.0 Å². The Kier molecular flexibility index (Phi) is 3.50. The first-order valence-corrected chi connectivity index (χ1v) is 7.63. The molecule has 0 bridgehead atoms. The summed E-state index contributed by atoms with van der Waals surface area (Å²) in [7, 11) is 0. The number of nitrogens with one attached hydrogen (secondary N) is 1. The van der Waals surface area contributed by atoms with Crippen LogP contribution in [0.3, 0.4) is 0 Å². The molecule has 1 aliphatic rings. The zero-order chi connectivity index (χ0) is 14.2. The summed E-state index contributed by atoms with van der Waals surface area (Å²) >= 11 is 0. The Morgan fingerprint density at radius 2 is 2.10 bits per heavy atom. The minimum absolute atomic E-state index is 0.0272. The Hall–Kier alpha value is -1.42. The largest absolute Gasteiger partial charge is 0.321 e. The molecule has 3 heterocycles. The quantitative estimate of drug-likeness (QED) is 0.865. The highest BCUT2D eigenvalue weighted by molar-refractivity contribution is 5.75. The molecule has 0 spiro atoms. The molecule has 1 N–H and O–H groups in total. The topological polar surface area (TPSA) is 42.7 Å². The van der Waals surface area contributed by atoms with E-state index in [1.807, 2.05) is 12.4 Å². The molecule has 0 saturated carbocycles. The molecule has 0 aliphatic carbocycles. The van der Waals surface area contributed by atoms with Gasteiger partial charge in [-0.3, -0.25) is 4.98 Å². The van der Waals surface area contributed by atoms with Crippen LogP contribution in [0.2, 0.25) is 0 Å².